The van der Waals surface area contributed by atoms with Gasteiger partial charge in [-0.15, -0.1) is 0 Å². The highest BCUT2D eigenvalue weighted by molar-refractivity contribution is 6.31. The van der Waals surface area contributed by atoms with Crippen LogP contribution in [-0.4, -0.2) is 20.9 Å². The number of amides is 1. The van der Waals surface area contributed by atoms with E-state index in [-0.39, 0.29) is 23.9 Å². The SMILES string of the molecule is C[C@H](Nc1ncc2c(n1)NC(=O)C2)c1cc2cc(Cl)ccc2[nH]c1=O. The topological polar surface area (TPSA) is 99.8 Å². The lowest BCUT2D eigenvalue weighted by Crippen LogP contribution is -2.20. The van der Waals surface area contributed by atoms with E-state index < -0.39 is 0 Å². The summed E-state index contributed by atoms with van der Waals surface area (Å²) in [6.07, 6.45) is 1.90. The zero-order valence-corrected chi connectivity index (χ0v) is 14.0. The first-order valence-corrected chi connectivity index (χ1v) is 8.12. The van der Waals surface area contributed by atoms with Crippen molar-refractivity contribution in [1.29, 1.82) is 0 Å². The van der Waals surface area contributed by atoms with Crippen molar-refractivity contribution in [2.45, 2.75) is 19.4 Å². The van der Waals surface area contributed by atoms with Gasteiger partial charge in [0, 0.05) is 33.2 Å². The predicted octanol–water partition coefficient (Wildman–Crippen LogP) is 2.64. The summed E-state index contributed by atoms with van der Waals surface area (Å²) in [5.41, 5.74) is 1.84. The van der Waals surface area contributed by atoms with E-state index in [1.165, 1.54) is 0 Å². The van der Waals surface area contributed by atoms with Crippen LogP contribution in [0.3, 0.4) is 0 Å². The van der Waals surface area contributed by atoms with Gasteiger partial charge in [-0.25, -0.2) is 4.98 Å². The van der Waals surface area contributed by atoms with Gasteiger partial charge >= 0.3 is 0 Å². The Hall–Kier alpha value is -2.93. The summed E-state index contributed by atoms with van der Waals surface area (Å²) in [6, 6.07) is 6.76. The molecule has 0 saturated heterocycles. The Bertz CT molecular complexity index is 1060. The van der Waals surface area contributed by atoms with Crippen molar-refractivity contribution in [3.05, 3.63) is 57.0 Å². The molecular weight excluding hydrogens is 342 g/mol. The van der Waals surface area contributed by atoms with Crippen molar-refractivity contribution in [3.63, 3.8) is 0 Å². The summed E-state index contributed by atoms with van der Waals surface area (Å²) in [5, 5.41) is 7.22. The van der Waals surface area contributed by atoms with Crippen molar-refractivity contribution in [3.8, 4) is 0 Å². The van der Waals surface area contributed by atoms with Crippen molar-refractivity contribution in [2.75, 3.05) is 10.6 Å². The van der Waals surface area contributed by atoms with Crippen LogP contribution in [0.1, 0.15) is 24.1 Å². The van der Waals surface area contributed by atoms with E-state index in [9.17, 15) is 9.59 Å². The van der Waals surface area contributed by atoms with Crippen molar-refractivity contribution in [2.24, 2.45) is 0 Å². The molecule has 3 N–H and O–H groups in total. The number of halogens is 1. The third-order valence-corrected chi connectivity index (χ3v) is 4.36. The number of pyridine rings is 1. The first-order valence-electron chi connectivity index (χ1n) is 7.74. The number of aromatic nitrogens is 3. The second-order valence-electron chi connectivity index (χ2n) is 5.94. The fraction of sp³-hybridized carbons (Fsp3) is 0.176. The van der Waals surface area contributed by atoms with E-state index in [0.29, 0.717) is 22.4 Å². The number of nitrogens with zero attached hydrogens (tertiary/aromatic N) is 2. The van der Waals surface area contributed by atoms with Gasteiger partial charge in [0.2, 0.25) is 11.9 Å². The monoisotopic (exact) mass is 355 g/mol. The summed E-state index contributed by atoms with van der Waals surface area (Å²) in [6.45, 7) is 1.84. The zero-order chi connectivity index (χ0) is 17.6. The Balaban J connectivity index is 1.65. The minimum Gasteiger partial charge on any atom is -0.347 e. The number of fused-ring (bicyclic) bond motifs is 2. The van der Waals surface area contributed by atoms with E-state index in [1.807, 2.05) is 6.92 Å². The quantitative estimate of drug-likeness (QED) is 0.670. The number of nitrogens with one attached hydrogen (secondary N) is 3. The molecule has 1 atom stereocenters. The van der Waals surface area contributed by atoms with Crippen LogP contribution >= 0.6 is 11.6 Å². The first kappa shape index (κ1) is 15.6. The van der Waals surface area contributed by atoms with Crippen LogP contribution in [0.25, 0.3) is 10.9 Å². The number of carbonyl (C=O) groups is 1. The fourth-order valence-corrected chi connectivity index (χ4v) is 3.03. The lowest BCUT2D eigenvalue weighted by Gasteiger charge is -2.14. The van der Waals surface area contributed by atoms with E-state index in [0.717, 1.165) is 16.5 Å². The van der Waals surface area contributed by atoms with E-state index in [1.54, 1.807) is 30.5 Å². The zero-order valence-electron chi connectivity index (χ0n) is 13.3. The van der Waals surface area contributed by atoms with Crippen LogP contribution in [0.5, 0.6) is 0 Å². The Morgan fingerprint density at radius 1 is 1.28 bits per heavy atom. The second-order valence-corrected chi connectivity index (χ2v) is 6.38. The van der Waals surface area contributed by atoms with Gasteiger partial charge in [-0.3, -0.25) is 9.59 Å². The van der Waals surface area contributed by atoms with Crippen molar-refractivity contribution >= 4 is 40.2 Å². The standard InChI is InChI=1S/C17H14ClN5O2/c1-8(20-17-19-7-10-6-14(24)22-15(10)23-17)12-5-9-4-11(18)2-3-13(9)21-16(12)25/h2-5,7-8H,6H2,1H3,(H,21,25)(H2,19,20,22,23,24)/t8-/m0/s1. The maximum Gasteiger partial charge on any atom is 0.253 e. The van der Waals surface area contributed by atoms with Crippen LogP contribution in [0, 0.1) is 0 Å². The molecule has 0 fully saturated rings. The molecule has 4 rings (SSSR count). The van der Waals surface area contributed by atoms with Crippen LogP contribution in [0.4, 0.5) is 11.8 Å². The second kappa shape index (κ2) is 5.86. The highest BCUT2D eigenvalue weighted by atomic mass is 35.5. The van der Waals surface area contributed by atoms with Gasteiger partial charge in [-0.2, -0.15) is 4.98 Å². The third-order valence-electron chi connectivity index (χ3n) is 4.12. The lowest BCUT2D eigenvalue weighted by molar-refractivity contribution is -0.115. The molecule has 1 aromatic carbocycles. The Labute approximate surface area is 147 Å². The number of H-pyrrole nitrogens is 1. The van der Waals surface area contributed by atoms with Gasteiger partial charge in [-0.1, -0.05) is 11.6 Å². The molecule has 0 saturated carbocycles. The van der Waals surface area contributed by atoms with Gasteiger partial charge in [0.1, 0.15) is 5.82 Å². The van der Waals surface area contributed by atoms with Crippen molar-refractivity contribution < 1.29 is 4.79 Å². The average Bonchev–Trinajstić information content (AvgIpc) is 2.93. The predicted molar refractivity (Wildman–Crippen MR) is 96.0 cm³/mol. The molecule has 126 valence electrons. The van der Waals surface area contributed by atoms with E-state index >= 15 is 0 Å². The summed E-state index contributed by atoms with van der Waals surface area (Å²) in [5.74, 6) is 0.755. The van der Waals surface area contributed by atoms with Gasteiger partial charge < -0.3 is 15.6 Å². The van der Waals surface area contributed by atoms with Gasteiger partial charge in [0.25, 0.3) is 5.56 Å². The van der Waals surface area contributed by atoms with Gasteiger partial charge in [0.15, 0.2) is 0 Å². The smallest absolute Gasteiger partial charge is 0.253 e. The molecule has 2 aromatic heterocycles. The highest BCUT2D eigenvalue weighted by Gasteiger charge is 2.20. The number of rotatable bonds is 3. The molecule has 25 heavy (non-hydrogen) atoms. The summed E-state index contributed by atoms with van der Waals surface area (Å²) < 4.78 is 0. The van der Waals surface area contributed by atoms with E-state index in [2.05, 4.69) is 25.6 Å². The fourth-order valence-electron chi connectivity index (χ4n) is 2.85. The average molecular weight is 356 g/mol. The molecule has 1 aliphatic heterocycles. The number of carbonyl (C=O) groups excluding carboxylic acids is 1. The summed E-state index contributed by atoms with van der Waals surface area (Å²) in [7, 11) is 0. The molecule has 0 unspecified atom stereocenters. The molecule has 8 heteroatoms. The Morgan fingerprint density at radius 3 is 2.96 bits per heavy atom. The van der Waals surface area contributed by atoms with Crippen LogP contribution < -0.4 is 16.2 Å². The van der Waals surface area contributed by atoms with Gasteiger partial charge in [0.05, 0.1) is 12.5 Å². The summed E-state index contributed by atoms with van der Waals surface area (Å²) >= 11 is 6.02. The molecule has 3 heterocycles. The molecule has 0 spiro atoms. The van der Waals surface area contributed by atoms with Crippen LogP contribution in [-0.2, 0) is 11.2 Å². The maximum atomic E-state index is 12.4. The Morgan fingerprint density at radius 2 is 2.12 bits per heavy atom. The molecule has 1 amide bonds. The maximum absolute atomic E-state index is 12.4. The number of hydrogen-bond acceptors (Lipinski definition) is 5. The number of aromatic amines is 1. The minimum absolute atomic E-state index is 0.0997. The number of anilines is 2. The minimum atomic E-state index is -0.331. The van der Waals surface area contributed by atoms with Gasteiger partial charge in [-0.05, 0) is 31.2 Å². The van der Waals surface area contributed by atoms with E-state index in [4.69, 9.17) is 11.6 Å². The molecular formula is C17H14ClN5O2. The normalized spacial score (nSPS) is 14.2. The molecule has 7 nitrogen and oxygen atoms in total. The number of benzene rings is 1. The number of hydrogen-bond donors (Lipinski definition) is 3. The third kappa shape index (κ3) is 2.94. The molecule has 0 radical (unpaired) electrons. The summed E-state index contributed by atoms with van der Waals surface area (Å²) in [4.78, 5) is 35.1. The lowest BCUT2D eigenvalue weighted by atomic mass is 10.1. The van der Waals surface area contributed by atoms with Crippen LogP contribution in [0.2, 0.25) is 5.02 Å². The largest absolute Gasteiger partial charge is 0.347 e. The molecule has 0 bridgehead atoms. The Kier molecular flexibility index (Phi) is 3.65. The molecule has 1 aliphatic rings. The molecule has 0 aliphatic carbocycles. The van der Waals surface area contributed by atoms with Crippen molar-refractivity contribution in [1.82, 2.24) is 15.0 Å². The highest BCUT2D eigenvalue weighted by Crippen LogP contribution is 2.23. The van der Waals surface area contributed by atoms with Crippen LogP contribution in [0.15, 0.2) is 35.3 Å². The first-order chi connectivity index (χ1) is 12.0. The molecule has 3 aromatic rings.